The molecule has 1 saturated heterocycles. The summed E-state index contributed by atoms with van der Waals surface area (Å²) in [5.74, 6) is 0. The highest BCUT2D eigenvalue weighted by molar-refractivity contribution is 6.61. The Balaban J connectivity index is 2.00. The Labute approximate surface area is 132 Å². The Morgan fingerprint density at radius 3 is 2.23 bits per heavy atom. The quantitative estimate of drug-likeness (QED) is 0.800. The van der Waals surface area contributed by atoms with Gasteiger partial charge in [-0.3, -0.25) is 0 Å². The highest BCUT2D eigenvalue weighted by atomic mass is 16.7. The summed E-state index contributed by atoms with van der Waals surface area (Å²) in [7, 11) is -0.409. The number of benzene rings is 1. The monoisotopic (exact) mass is 298 g/mol. The van der Waals surface area contributed by atoms with E-state index in [9.17, 15) is 0 Å². The topological polar surface area (TPSA) is 36.3 Å². The van der Waals surface area contributed by atoms with Crippen molar-refractivity contribution in [3.8, 4) is 5.69 Å². The van der Waals surface area contributed by atoms with Gasteiger partial charge in [0.25, 0.3) is 0 Å². The lowest BCUT2D eigenvalue weighted by Gasteiger charge is -2.32. The standard InChI is InChI=1S/C17H23BN2O2/c1-12-7-8-14(13(2)11-12)20-15(9-10-19-20)18-21-16(3,4)17(5,6)22-18/h7-11H,1-6H3. The molecule has 4 nitrogen and oxygen atoms in total. The maximum atomic E-state index is 6.15. The smallest absolute Gasteiger partial charge is 0.398 e. The fourth-order valence-corrected chi connectivity index (χ4v) is 2.70. The van der Waals surface area contributed by atoms with E-state index in [0.29, 0.717) is 0 Å². The second kappa shape index (κ2) is 4.96. The maximum Gasteiger partial charge on any atom is 0.514 e. The molecular weight excluding hydrogens is 275 g/mol. The minimum atomic E-state index is -0.409. The predicted octanol–water partition coefficient (Wildman–Crippen LogP) is 2.79. The Bertz CT molecular complexity index is 690. The Hall–Kier alpha value is -1.59. The summed E-state index contributed by atoms with van der Waals surface area (Å²) in [6.45, 7) is 12.4. The number of aromatic nitrogens is 2. The number of rotatable bonds is 2. The van der Waals surface area contributed by atoms with Gasteiger partial charge in [-0.2, -0.15) is 5.10 Å². The van der Waals surface area contributed by atoms with E-state index in [0.717, 1.165) is 11.3 Å². The molecule has 0 saturated carbocycles. The molecule has 0 aliphatic carbocycles. The van der Waals surface area contributed by atoms with E-state index in [2.05, 4.69) is 64.8 Å². The molecule has 3 rings (SSSR count). The molecular formula is C17H23BN2O2. The third-order valence-electron chi connectivity index (χ3n) is 4.75. The first-order valence-electron chi connectivity index (χ1n) is 7.68. The summed E-state index contributed by atoms with van der Waals surface area (Å²) in [5, 5.41) is 4.47. The van der Waals surface area contributed by atoms with Gasteiger partial charge in [-0.15, -0.1) is 0 Å². The number of hydrogen-bond donors (Lipinski definition) is 0. The third-order valence-corrected chi connectivity index (χ3v) is 4.75. The molecule has 0 N–H and O–H groups in total. The summed E-state index contributed by atoms with van der Waals surface area (Å²) in [6.07, 6.45) is 1.79. The van der Waals surface area contributed by atoms with Crippen LogP contribution in [-0.4, -0.2) is 28.1 Å². The van der Waals surface area contributed by atoms with Crippen molar-refractivity contribution in [2.75, 3.05) is 0 Å². The largest absolute Gasteiger partial charge is 0.514 e. The summed E-state index contributed by atoms with van der Waals surface area (Å²) in [4.78, 5) is 0. The van der Waals surface area contributed by atoms with Gasteiger partial charge >= 0.3 is 7.12 Å². The van der Waals surface area contributed by atoms with Crippen LogP contribution in [0.1, 0.15) is 38.8 Å². The molecule has 22 heavy (non-hydrogen) atoms. The van der Waals surface area contributed by atoms with Crippen molar-refractivity contribution in [1.82, 2.24) is 9.78 Å². The number of aryl methyl sites for hydroxylation is 2. The van der Waals surface area contributed by atoms with E-state index in [1.807, 2.05) is 10.7 Å². The zero-order valence-corrected chi connectivity index (χ0v) is 14.2. The molecule has 1 aliphatic rings. The van der Waals surface area contributed by atoms with E-state index >= 15 is 0 Å². The SMILES string of the molecule is Cc1ccc(-n2nccc2B2OC(C)(C)C(C)(C)O2)c(C)c1. The fraction of sp³-hybridized carbons (Fsp3) is 0.471. The van der Waals surface area contributed by atoms with Gasteiger partial charge in [-0.25, -0.2) is 4.68 Å². The summed E-state index contributed by atoms with van der Waals surface area (Å²) in [6, 6.07) is 8.30. The van der Waals surface area contributed by atoms with Crippen LogP contribution in [0.4, 0.5) is 0 Å². The van der Waals surface area contributed by atoms with Crippen molar-refractivity contribution in [3.63, 3.8) is 0 Å². The van der Waals surface area contributed by atoms with Gasteiger partial charge in [0.2, 0.25) is 0 Å². The summed E-state index contributed by atoms with van der Waals surface area (Å²) in [5.41, 5.74) is 3.70. The minimum Gasteiger partial charge on any atom is -0.398 e. The number of nitrogens with zero attached hydrogens (tertiary/aromatic N) is 2. The van der Waals surface area contributed by atoms with Crippen LogP contribution in [0.15, 0.2) is 30.5 Å². The second-order valence-corrected chi connectivity index (χ2v) is 7.05. The van der Waals surface area contributed by atoms with Gasteiger partial charge in [0.1, 0.15) is 0 Å². The average Bonchev–Trinajstić information content (AvgIpc) is 2.93. The summed E-state index contributed by atoms with van der Waals surface area (Å²) >= 11 is 0. The van der Waals surface area contributed by atoms with Gasteiger partial charge in [0.05, 0.1) is 22.5 Å². The molecule has 0 atom stereocenters. The van der Waals surface area contributed by atoms with Gasteiger partial charge in [0.15, 0.2) is 0 Å². The molecule has 2 aromatic rings. The first-order chi connectivity index (χ1) is 10.2. The molecule has 0 spiro atoms. The Kier molecular flexibility index (Phi) is 3.46. The lowest BCUT2D eigenvalue weighted by atomic mass is 9.84. The first kappa shape index (κ1) is 15.3. The van der Waals surface area contributed by atoms with Crippen LogP contribution in [0.2, 0.25) is 0 Å². The van der Waals surface area contributed by atoms with Crippen molar-refractivity contribution in [3.05, 3.63) is 41.6 Å². The van der Waals surface area contributed by atoms with Crippen molar-refractivity contribution in [2.24, 2.45) is 0 Å². The van der Waals surface area contributed by atoms with Crippen molar-refractivity contribution in [2.45, 2.75) is 52.7 Å². The molecule has 0 radical (unpaired) electrons. The third kappa shape index (κ3) is 2.38. The van der Waals surface area contributed by atoms with Crippen LogP contribution < -0.4 is 5.59 Å². The normalized spacial score (nSPS) is 19.6. The van der Waals surface area contributed by atoms with Crippen LogP contribution in [0.5, 0.6) is 0 Å². The molecule has 116 valence electrons. The zero-order chi connectivity index (χ0) is 16.1. The van der Waals surface area contributed by atoms with Gasteiger partial charge in [-0.05, 0) is 59.2 Å². The van der Waals surface area contributed by atoms with Crippen molar-refractivity contribution >= 4 is 12.7 Å². The van der Waals surface area contributed by atoms with Gasteiger partial charge in [-0.1, -0.05) is 17.7 Å². The van der Waals surface area contributed by atoms with Crippen LogP contribution in [0.3, 0.4) is 0 Å². The molecule has 1 aliphatic heterocycles. The van der Waals surface area contributed by atoms with Gasteiger partial charge < -0.3 is 9.31 Å². The minimum absolute atomic E-state index is 0.352. The van der Waals surface area contributed by atoms with E-state index in [1.54, 1.807) is 6.20 Å². The summed E-state index contributed by atoms with van der Waals surface area (Å²) < 4.78 is 14.2. The van der Waals surface area contributed by atoms with Crippen molar-refractivity contribution < 1.29 is 9.31 Å². The van der Waals surface area contributed by atoms with E-state index in [-0.39, 0.29) is 11.2 Å². The molecule has 0 unspecified atom stereocenters. The second-order valence-electron chi connectivity index (χ2n) is 7.05. The Morgan fingerprint density at radius 1 is 1.00 bits per heavy atom. The van der Waals surface area contributed by atoms with E-state index in [4.69, 9.17) is 9.31 Å². The molecule has 1 aromatic heterocycles. The molecule has 2 heterocycles. The zero-order valence-electron chi connectivity index (χ0n) is 14.2. The predicted molar refractivity (Wildman–Crippen MR) is 88.8 cm³/mol. The van der Waals surface area contributed by atoms with Crippen LogP contribution in [-0.2, 0) is 9.31 Å². The van der Waals surface area contributed by atoms with E-state index in [1.165, 1.54) is 11.1 Å². The lowest BCUT2D eigenvalue weighted by molar-refractivity contribution is 0.00578. The fourth-order valence-electron chi connectivity index (χ4n) is 2.70. The van der Waals surface area contributed by atoms with Gasteiger partial charge in [0, 0.05) is 6.20 Å². The highest BCUT2D eigenvalue weighted by Crippen LogP contribution is 2.36. The van der Waals surface area contributed by atoms with Crippen LogP contribution in [0, 0.1) is 13.8 Å². The Morgan fingerprint density at radius 2 is 1.64 bits per heavy atom. The van der Waals surface area contributed by atoms with Crippen molar-refractivity contribution in [1.29, 1.82) is 0 Å². The van der Waals surface area contributed by atoms with Crippen LogP contribution >= 0.6 is 0 Å². The first-order valence-corrected chi connectivity index (χ1v) is 7.68. The molecule has 1 fully saturated rings. The lowest BCUT2D eigenvalue weighted by Crippen LogP contribution is -2.41. The average molecular weight is 298 g/mol. The van der Waals surface area contributed by atoms with E-state index < -0.39 is 7.12 Å². The molecule has 1 aromatic carbocycles. The van der Waals surface area contributed by atoms with Crippen LogP contribution in [0.25, 0.3) is 5.69 Å². The maximum absolute atomic E-state index is 6.15. The molecule has 0 bridgehead atoms. The molecule has 0 amide bonds. The molecule has 5 heteroatoms. The highest BCUT2D eigenvalue weighted by Gasteiger charge is 2.52. The number of hydrogen-bond acceptors (Lipinski definition) is 3.